The normalized spacial score (nSPS) is 19.0. The first-order valence-electron chi connectivity index (χ1n) is 8.65. The summed E-state index contributed by atoms with van der Waals surface area (Å²) < 4.78 is 33.3. The lowest BCUT2D eigenvalue weighted by molar-refractivity contribution is 0.0913. The standard InChI is InChI=1S/C18H22N4O4S/c1-11(2)7-14-10-26-16-8-12(3)19-18(21-16)22-27(24,25)15-6-4-5-13(9-15)17(23)20-14/h4-6,8-9,11,14H,7,10H2,1-3H3,(H,20,23)(H,19,21,22)/t14-/m1/s1. The second-order valence-electron chi connectivity index (χ2n) is 6.92. The molecule has 1 aliphatic heterocycles. The van der Waals surface area contributed by atoms with E-state index >= 15 is 0 Å². The van der Waals surface area contributed by atoms with E-state index in [2.05, 4.69) is 33.9 Å². The number of benzene rings is 1. The summed E-state index contributed by atoms with van der Waals surface area (Å²) in [6, 6.07) is 7.22. The van der Waals surface area contributed by atoms with Crippen molar-refractivity contribution < 1.29 is 17.9 Å². The Kier molecular flexibility index (Phi) is 5.31. The second kappa shape index (κ2) is 7.51. The number of hydrogen-bond donors (Lipinski definition) is 2. The highest BCUT2D eigenvalue weighted by molar-refractivity contribution is 7.92. The zero-order valence-electron chi connectivity index (χ0n) is 15.4. The fourth-order valence-electron chi connectivity index (χ4n) is 2.84. The van der Waals surface area contributed by atoms with Crippen molar-refractivity contribution >= 4 is 21.9 Å². The van der Waals surface area contributed by atoms with Gasteiger partial charge in [0.25, 0.3) is 15.9 Å². The molecule has 2 N–H and O–H groups in total. The fourth-order valence-corrected chi connectivity index (χ4v) is 3.82. The maximum Gasteiger partial charge on any atom is 0.264 e. The van der Waals surface area contributed by atoms with Crippen LogP contribution >= 0.6 is 0 Å². The van der Waals surface area contributed by atoms with E-state index < -0.39 is 10.0 Å². The minimum absolute atomic E-state index is 0.0395. The molecule has 2 aromatic rings. The van der Waals surface area contributed by atoms with Gasteiger partial charge in [0, 0.05) is 17.3 Å². The number of carbonyl (C=O) groups is 1. The van der Waals surface area contributed by atoms with E-state index in [1.165, 1.54) is 18.2 Å². The lowest BCUT2D eigenvalue weighted by atomic mass is 10.0. The van der Waals surface area contributed by atoms with Gasteiger partial charge in [-0.05, 0) is 37.5 Å². The molecule has 27 heavy (non-hydrogen) atoms. The van der Waals surface area contributed by atoms with E-state index in [1.54, 1.807) is 19.1 Å². The molecule has 0 saturated carbocycles. The van der Waals surface area contributed by atoms with Crippen molar-refractivity contribution in [2.45, 2.75) is 38.1 Å². The molecular formula is C18H22N4O4S. The molecule has 0 spiro atoms. The monoisotopic (exact) mass is 390 g/mol. The van der Waals surface area contributed by atoms with Crippen LogP contribution in [0.5, 0.6) is 5.88 Å². The number of fused-ring (bicyclic) bond motifs is 4. The van der Waals surface area contributed by atoms with Crippen molar-refractivity contribution in [1.29, 1.82) is 0 Å². The Morgan fingerprint density at radius 1 is 1.26 bits per heavy atom. The Hall–Kier alpha value is -2.68. The molecule has 9 heteroatoms. The Bertz CT molecular complexity index is 960. The average Bonchev–Trinajstić information content (AvgIpc) is 2.58. The number of nitrogens with one attached hydrogen (secondary N) is 2. The van der Waals surface area contributed by atoms with Gasteiger partial charge in [-0.15, -0.1) is 0 Å². The van der Waals surface area contributed by atoms with Crippen molar-refractivity contribution in [2.75, 3.05) is 11.3 Å². The molecule has 0 fully saturated rings. The molecule has 3 rings (SSSR count). The predicted octanol–water partition coefficient (Wildman–Crippen LogP) is 2.12. The van der Waals surface area contributed by atoms with Crippen LogP contribution in [0.3, 0.4) is 0 Å². The summed E-state index contributed by atoms with van der Waals surface area (Å²) in [5.41, 5.74) is 0.820. The molecule has 0 unspecified atom stereocenters. The van der Waals surface area contributed by atoms with E-state index in [0.717, 1.165) is 0 Å². The van der Waals surface area contributed by atoms with Crippen molar-refractivity contribution in [3.05, 3.63) is 41.6 Å². The fraction of sp³-hybridized carbons (Fsp3) is 0.389. The van der Waals surface area contributed by atoms with Gasteiger partial charge in [0.2, 0.25) is 11.8 Å². The van der Waals surface area contributed by atoms with Crippen LogP contribution < -0.4 is 14.8 Å². The van der Waals surface area contributed by atoms with E-state index in [1.807, 2.05) is 0 Å². The molecule has 1 aromatic heterocycles. The van der Waals surface area contributed by atoms with Crippen molar-refractivity contribution in [3.63, 3.8) is 0 Å². The predicted molar refractivity (Wildman–Crippen MR) is 100 cm³/mol. The number of carbonyl (C=O) groups excluding carboxylic acids is 1. The minimum atomic E-state index is -3.94. The van der Waals surface area contributed by atoms with Crippen LogP contribution in [0.4, 0.5) is 5.95 Å². The third-order valence-corrected chi connectivity index (χ3v) is 5.31. The number of ether oxygens (including phenoxy) is 1. The Morgan fingerprint density at radius 3 is 2.78 bits per heavy atom. The third-order valence-electron chi connectivity index (χ3n) is 3.99. The topological polar surface area (TPSA) is 110 Å². The summed E-state index contributed by atoms with van der Waals surface area (Å²) in [4.78, 5) is 20.8. The maximum atomic E-state index is 12.6. The van der Waals surface area contributed by atoms with Crippen molar-refractivity contribution in [2.24, 2.45) is 5.92 Å². The molecule has 0 radical (unpaired) electrons. The number of hydrogen-bond acceptors (Lipinski definition) is 6. The van der Waals surface area contributed by atoms with Gasteiger partial charge in [-0.25, -0.2) is 18.1 Å². The van der Waals surface area contributed by atoms with E-state index in [0.29, 0.717) is 18.0 Å². The number of amides is 1. The van der Waals surface area contributed by atoms with Crippen molar-refractivity contribution in [3.8, 4) is 5.88 Å². The van der Waals surface area contributed by atoms with Crippen LogP contribution in [0.25, 0.3) is 0 Å². The van der Waals surface area contributed by atoms with Crippen LogP contribution in [0, 0.1) is 12.8 Å². The average molecular weight is 390 g/mol. The van der Waals surface area contributed by atoms with Crippen LogP contribution in [0.15, 0.2) is 35.2 Å². The number of nitrogens with zero attached hydrogens (tertiary/aromatic N) is 2. The van der Waals surface area contributed by atoms with Gasteiger partial charge in [-0.2, -0.15) is 4.98 Å². The summed E-state index contributed by atoms with van der Waals surface area (Å²) in [7, 11) is -3.94. The molecule has 144 valence electrons. The van der Waals surface area contributed by atoms with Gasteiger partial charge in [-0.1, -0.05) is 19.9 Å². The van der Waals surface area contributed by atoms with E-state index in [-0.39, 0.29) is 40.8 Å². The Labute approximate surface area is 158 Å². The number of aryl methyl sites for hydroxylation is 1. The zero-order chi connectivity index (χ0) is 19.6. The first kappa shape index (κ1) is 19.1. The lowest BCUT2D eigenvalue weighted by Gasteiger charge is -2.21. The number of aromatic nitrogens is 2. The Balaban J connectivity index is 2.07. The maximum absolute atomic E-state index is 12.6. The van der Waals surface area contributed by atoms with Gasteiger partial charge >= 0.3 is 0 Å². The minimum Gasteiger partial charge on any atom is -0.475 e. The summed E-state index contributed by atoms with van der Waals surface area (Å²) in [6.45, 7) is 6.04. The highest BCUT2D eigenvalue weighted by atomic mass is 32.2. The molecular weight excluding hydrogens is 368 g/mol. The van der Waals surface area contributed by atoms with E-state index in [9.17, 15) is 13.2 Å². The molecule has 1 aliphatic rings. The Morgan fingerprint density at radius 2 is 2.04 bits per heavy atom. The summed E-state index contributed by atoms with van der Waals surface area (Å²) >= 11 is 0. The number of sulfonamides is 1. The lowest BCUT2D eigenvalue weighted by Crippen LogP contribution is -2.40. The molecule has 1 atom stereocenters. The van der Waals surface area contributed by atoms with Crippen molar-refractivity contribution in [1.82, 2.24) is 15.3 Å². The number of rotatable bonds is 2. The van der Waals surface area contributed by atoms with Crippen LogP contribution in [0.2, 0.25) is 0 Å². The van der Waals surface area contributed by atoms with E-state index in [4.69, 9.17) is 4.74 Å². The van der Waals surface area contributed by atoms with Gasteiger partial charge in [0.15, 0.2) is 0 Å². The number of anilines is 1. The van der Waals surface area contributed by atoms with Crippen LogP contribution in [-0.4, -0.2) is 36.9 Å². The molecule has 1 aromatic carbocycles. The smallest absolute Gasteiger partial charge is 0.264 e. The first-order valence-corrected chi connectivity index (χ1v) is 10.1. The largest absolute Gasteiger partial charge is 0.475 e. The molecule has 0 aliphatic carbocycles. The first-order chi connectivity index (χ1) is 12.7. The highest BCUT2D eigenvalue weighted by Crippen LogP contribution is 2.19. The third kappa shape index (κ3) is 4.73. The SMILES string of the molecule is Cc1cc2nc(n1)NS(=O)(=O)c1cccc(c1)C(=O)N[C@H](CC(C)C)CO2. The highest BCUT2D eigenvalue weighted by Gasteiger charge is 2.22. The molecule has 1 amide bonds. The van der Waals surface area contributed by atoms with Gasteiger partial charge < -0.3 is 10.1 Å². The molecule has 8 nitrogen and oxygen atoms in total. The summed E-state index contributed by atoms with van der Waals surface area (Å²) in [5.74, 6) is 0.156. The second-order valence-corrected chi connectivity index (χ2v) is 8.60. The van der Waals surface area contributed by atoms with Crippen LogP contribution in [-0.2, 0) is 10.0 Å². The quantitative estimate of drug-likeness (QED) is 0.813. The van der Waals surface area contributed by atoms with Gasteiger partial charge in [-0.3, -0.25) is 4.79 Å². The zero-order valence-corrected chi connectivity index (χ0v) is 16.2. The molecule has 0 saturated heterocycles. The van der Waals surface area contributed by atoms with Crippen LogP contribution in [0.1, 0.15) is 36.3 Å². The molecule has 2 heterocycles. The van der Waals surface area contributed by atoms with Gasteiger partial charge in [0.05, 0.1) is 10.9 Å². The molecule has 4 bridgehead atoms. The summed E-state index contributed by atoms with van der Waals surface area (Å²) in [6.07, 6.45) is 0.707. The van der Waals surface area contributed by atoms with Gasteiger partial charge in [0.1, 0.15) is 6.61 Å². The summed E-state index contributed by atoms with van der Waals surface area (Å²) in [5, 5.41) is 2.92.